The van der Waals surface area contributed by atoms with Gasteiger partial charge in [-0.1, -0.05) is 23.7 Å². The minimum Gasteiger partial charge on any atom is -0.368 e. The zero-order valence-electron chi connectivity index (χ0n) is 16.6. The second-order valence-electron chi connectivity index (χ2n) is 6.99. The van der Waals surface area contributed by atoms with Gasteiger partial charge in [-0.15, -0.1) is 10.2 Å². The van der Waals surface area contributed by atoms with E-state index in [0.717, 1.165) is 5.69 Å². The third-order valence-corrected chi connectivity index (χ3v) is 6.48. The zero-order chi connectivity index (χ0) is 22.0. The Morgan fingerprint density at radius 3 is 2.55 bits per heavy atom. The summed E-state index contributed by atoms with van der Waals surface area (Å²) in [5.74, 6) is -0.0903. The predicted molar refractivity (Wildman–Crippen MR) is 118 cm³/mol. The number of halogens is 1. The highest BCUT2D eigenvalue weighted by atomic mass is 35.5. The highest BCUT2D eigenvalue weighted by Crippen LogP contribution is 2.36. The predicted octanol–water partition coefficient (Wildman–Crippen LogP) is 3.49. The number of nitrogens with zero attached hydrogens (tertiary/aromatic N) is 6. The van der Waals surface area contributed by atoms with E-state index in [-0.39, 0.29) is 11.6 Å². The lowest BCUT2D eigenvalue weighted by Crippen LogP contribution is -2.48. The van der Waals surface area contributed by atoms with Crippen LogP contribution in [0.15, 0.2) is 58.8 Å². The Bertz CT molecular complexity index is 1130. The molecule has 0 unspecified atom stereocenters. The van der Waals surface area contributed by atoms with Gasteiger partial charge < -0.3 is 14.4 Å². The van der Waals surface area contributed by atoms with Crippen LogP contribution in [0, 0.1) is 10.1 Å². The minimum atomic E-state index is -0.400. The molecular weight excluding hydrogens is 440 g/mol. The van der Waals surface area contributed by atoms with Gasteiger partial charge in [0.15, 0.2) is 5.16 Å². The largest absolute Gasteiger partial charge is 0.368 e. The van der Waals surface area contributed by atoms with Gasteiger partial charge in [-0.05, 0) is 36.0 Å². The normalized spacial score (nSPS) is 14.0. The first kappa shape index (κ1) is 21.1. The van der Waals surface area contributed by atoms with E-state index in [0.29, 0.717) is 46.8 Å². The molecule has 0 aliphatic carbocycles. The summed E-state index contributed by atoms with van der Waals surface area (Å²) < 4.78 is 1.71. The number of carbonyl (C=O) groups excluding carboxylic acids is 1. The number of anilines is 1. The van der Waals surface area contributed by atoms with Gasteiger partial charge in [0.1, 0.15) is 6.33 Å². The van der Waals surface area contributed by atoms with Crippen molar-refractivity contribution >= 4 is 40.6 Å². The fourth-order valence-corrected chi connectivity index (χ4v) is 4.49. The molecule has 1 fully saturated rings. The Morgan fingerprint density at radius 1 is 1.16 bits per heavy atom. The Hall–Kier alpha value is -3.11. The molecule has 2 heterocycles. The molecule has 2 aromatic carbocycles. The van der Waals surface area contributed by atoms with E-state index < -0.39 is 4.92 Å². The number of piperazine rings is 1. The van der Waals surface area contributed by atoms with E-state index >= 15 is 0 Å². The van der Waals surface area contributed by atoms with Crippen molar-refractivity contribution in [1.29, 1.82) is 0 Å². The number of aryl methyl sites for hydroxylation is 1. The maximum absolute atomic E-state index is 12.8. The first-order valence-corrected chi connectivity index (χ1v) is 10.7. The number of benzene rings is 2. The highest BCUT2D eigenvalue weighted by Gasteiger charge is 2.25. The van der Waals surface area contributed by atoms with Crippen LogP contribution in [0.3, 0.4) is 0 Å². The monoisotopic (exact) mass is 458 g/mol. The van der Waals surface area contributed by atoms with Gasteiger partial charge in [0.25, 0.3) is 11.6 Å². The van der Waals surface area contributed by atoms with Crippen molar-refractivity contribution in [2.24, 2.45) is 7.05 Å². The summed E-state index contributed by atoms with van der Waals surface area (Å²) in [6.07, 6.45) is 1.55. The summed E-state index contributed by atoms with van der Waals surface area (Å²) in [4.78, 5) is 28.2. The molecule has 0 radical (unpaired) electrons. The molecule has 31 heavy (non-hydrogen) atoms. The van der Waals surface area contributed by atoms with Crippen LogP contribution in [0.2, 0.25) is 5.02 Å². The van der Waals surface area contributed by atoms with E-state index in [1.165, 1.54) is 17.8 Å². The van der Waals surface area contributed by atoms with E-state index in [1.807, 2.05) is 0 Å². The van der Waals surface area contributed by atoms with Crippen LogP contribution in [0.1, 0.15) is 10.4 Å². The summed E-state index contributed by atoms with van der Waals surface area (Å²) in [5, 5.41) is 20.3. The van der Waals surface area contributed by atoms with Gasteiger partial charge in [-0.3, -0.25) is 14.9 Å². The van der Waals surface area contributed by atoms with Crippen molar-refractivity contribution in [1.82, 2.24) is 19.7 Å². The van der Waals surface area contributed by atoms with Gasteiger partial charge >= 0.3 is 0 Å². The third-order valence-electron chi connectivity index (χ3n) is 5.05. The standard InChI is InChI=1S/C20H19ClN6O3S/c1-24-13-22-23-20(24)31-18-12-14(6-7-17(18)27(29)30)25-8-10-26(11-9-25)19(28)15-4-2-3-5-16(15)21/h2-7,12-13H,8-11H2,1H3. The molecule has 0 bridgehead atoms. The van der Waals surface area contributed by atoms with Gasteiger partial charge in [-0.2, -0.15) is 0 Å². The molecule has 1 aromatic heterocycles. The fraction of sp³-hybridized carbons (Fsp3) is 0.250. The van der Waals surface area contributed by atoms with Crippen molar-refractivity contribution in [3.05, 3.63) is 69.5 Å². The van der Waals surface area contributed by atoms with Gasteiger partial charge in [0.05, 0.1) is 20.4 Å². The van der Waals surface area contributed by atoms with Crippen molar-refractivity contribution in [2.45, 2.75) is 10.1 Å². The SMILES string of the molecule is Cn1cnnc1Sc1cc(N2CCN(C(=O)c3ccccc3Cl)CC2)ccc1[N+](=O)[O-]. The van der Waals surface area contributed by atoms with Crippen LogP contribution in [0.4, 0.5) is 11.4 Å². The molecule has 0 saturated carbocycles. The number of nitro benzene ring substituents is 1. The molecule has 0 spiro atoms. The van der Waals surface area contributed by atoms with Gasteiger partial charge in [0.2, 0.25) is 0 Å². The van der Waals surface area contributed by atoms with E-state index in [9.17, 15) is 14.9 Å². The highest BCUT2D eigenvalue weighted by molar-refractivity contribution is 7.99. The second-order valence-corrected chi connectivity index (χ2v) is 8.41. The number of carbonyl (C=O) groups is 1. The van der Waals surface area contributed by atoms with Gasteiger partial charge in [-0.25, -0.2) is 0 Å². The lowest BCUT2D eigenvalue weighted by molar-refractivity contribution is -0.387. The number of hydrogen-bond donors (Lipinski definition) is 0. The zero-order valence-corrected chi connectivity index (χ0v) is 18.2. The first-order chi connectivity index (χ1) is 14.9. The van der Waals surface area contributed by atoms with Crippen molar-refractivity contribution in [3.63, 3.8) is 0 Å². The molecule has 160 valence electrons. The lowest BCUT2D eigenvalue weighted by Gasteiger charge is -2.36. The third kappa shape index (κ3) is 4.49. The molecule has 11 heteroatoms. The summed E-state index contributed by atoms with van der Waals surface area (Å²) in [7, 11) is 1.78. The summed E-state index contributed by atoms with van der Waals surface area (Å²) in [6.45, 7) is 2.30. The number of amides is 1. The Labute approximate surface area is 187 Å². The van der Waals surface area contributed by atoms with Crippen LogP contribution >= 0.6 is 23.4 Å². The maximum atomic E-state index is 12.8. The van der Waals surface area contributed by atoms with Crippen molar-refractivity contribution < 1.29 is 9.72 Å². The molecule has 0 atom stereocenters. The van der Waals surface area contributed by atoms with Crippen LogP contribution in [0.5, 0.6) is 0 Å². The molecule has 0 N–H and O–H groups in total. The summed E-state index contributed by atoms with van der Waals surface area (Å²) >= 11 is 7.36. The Kier molecular flexibility index (Phi) is 6.10. The second kappa shape index (κ2) is 8.94. The molecule has 1 aliphatic rings. The summed E-state index contributed by atoms with van der Waals surface area (Å²) in [5.41, 5.74) is 1.37. The van der Waals surface area contributed by atoms with Crippen LogP contribution in [0.25, 0.3) is 0 Å². The molecular formula is C20H19ClN6O3S. The number of aromatic nitrogens is 3. The smallest absolute Gasteiger partial charge is 0.283 e. The average Bonchev–Trinajstić information content (AvgIpc) is 3.18. The number of rotatable bonds is 5. The number of nitro groups is 1. The first-order valence-electron chi connectivity index (χ1n) is 9.53. The molecule has 4 rings (SSSR count). The molecule has 1 aliphatic heterocycles. The van der Waals surface area contributed by atoms with Crippen molar-refractivity contribution in [2.75, 3.05) is 31.1 Å². The quantitative estimate of drug-likeness (QED) is 0.426. The minimum absolute atomic E-state index is 0.0179. The number of hydrogen-bond acceptors (Lipinski definition) is 7. The lowest BCUT2D eigenvalue weighted by atomic mass is 10.1. The van der Waals surface area contributed by atoms with E-state index in [1.54, 1.807) is 59.2 Å². The molecule has 9 nitrogen and oxygen atoms in total. The van der Waals surface area contributed by atoms with Gasteiger partial charge in [0, 0.05) is 45.0 Å². The average molecular weight is 459 g/mol. The molecule has 3 aromatic rings. The van der Waals surface area contributed by atoms with Crippen LogP contribution < -0.4 is 4.90 Å². The maximum Gasteiger partial charge on any atom is 0.283 e. The van der Waals surface area contributed by atoms with Crippen LogP contribution in [-0.2, 0) is 7.05 Å². The molecule has 1 saturated heterocycles. The topological polar surface area (TPSA) is 97.4 Å². The van der Waals surface area contributed by atoms with Crippen LogP contribution in [-0.4, -0.2) is 56.7 Å². The summed E-state index contributed by atoms with van der Waals surface area (Å²) in [6, 6.07) is 12.1. The van der Waals surface area contributed by atoms with E-state index in [2.05, 4.69) is 15.1 Å². The van der Waals surface area contributed by atoms with E-state index in [4.69, 9.17) is 11.6 Å². The Balaban J connectivity index is 1.50. The Morgan fingerprint density at radius 2 is 1.90 bits per heavy atom. The fourth-order valence-electron chi connectivity index (χ4n) is 3.37. The molecule has 1 amide bonds. The van der Waals surface area contributed by atoms with Crippen molar-refractivity contribution in [3.8, 4) is 0 Å².